The van der Waals surface area contributed by atoms with E-state index in [4.69, 9.17) is 5.26 Å². The van der Waals surface area contributed by atoms with Crippen LogP contribution in [0.4, 0.5) is 0 Å². The lowest BCUT2D eigenvalue weighted by Crippen LogP contribution is -1.94. The number of rotatable bonds is 2. The molecular weight excluding hydrogens is 198 g/mol. The molecule has 16 heavy (non-hydrogen) atoms. The first-order chi connectivity index (χ1) is 7.79. The summed E-state index contributed by atoms with van der Waals surface area (Å²) < 4.78 is 2.18. The van der Waals surface area contributed by atoms with Crippen LogP contribution in [0.15, 0.2) is 18.2 Å². The summed E-state index contributed by atoms with van der Waals surface area (Å²) in [7, 11) is 2.08. The topological polar surface area (TPSA) is 41.6 Å². The molecular formula is C13H13N3. The molecule has 3 heteroatoms. The fraction of sp³-hybridized carbons (Fsp3) is 0.385. The average molecular weight is 211 g/mol. The van der Waals surface area contributed by atoms with Crippen LogP contribution in [0.3, 0.4) is 0 Å². The number of imidazole rings is 1. The van der Waals surface area contributed by atoms with Gasteiger partial charge >= 0.3 is 0 Å². The lowest BCUT2D eigenvalue weighted by atomic mass is 10.1. The molecule has 0 aliphatic heterocycles. The Bertz CT molecular complexity index is 585. The Balaban J connectivity index is 2.14. The fourth-order valence-corrected chi connectivity index (χ4v) is 2.17. The molecule has 0 spiro atoms. The Kier molecular flexibility index (Phi) is 1.97. The molecule has 1 aromatic heterocycles. The minimum absolute atomic E-state index is 0.464. The summed E-state index contributed by atoms with van der Waals surface area (Å²) in [5.74, 6) is 1.86. The van der Waals surface area contributed by atoms with Crippen molar-refractivity contribution in [3.05, 3.63) is 29.6 Å². The van der Waals surface area contributed by atoms with Crippen LogP contribution < -0.4 is 0 Å². The van der Waals surface area contributed by atoms with E-state index in [0.29, 0.717) is 12.3 Å². The molecule has 0 saturated heterocycles. The Morgan fingerprint density at radius 1 is 1.50 bits per heavy atom. The first-order valence-corrected chi connectivity index (χ1v) is 5.62. The first kappa shape index (κ1) is 9.41. The van der Waals surface area contributed by atoms with Crippen molar-refractivity contribution in [1.29, 1.82) is 5.26 Å². The summed E-state index contributed by atoms with van der Waals surface area (Å²) in [5.41, 5.74) is 3.25. The monoisotopic (exact) mass is 211 g/mol. The smallest absolute Gasteiger partial charge is 0.112 e. The van der Waals surface area contributed by atoms with Gasteiger partial charge in [0.15, 0.2) is 0 Å². The van der Waals surface area contributed by atoms with Crippen molar-refractivity contribution in [3.8, 4) is 6.07 Å². The molecule has 1 fully saturated rings. The number of aromatic nitrogens is 2. The lowest BCUT2D eigenvalue weighted by molar-refractivity contribution is 0.820. The molecule has 3 nitrogen and oxygen atoms in total. The molecule has 1 aromatic carbocycles. The zero-order valence-electron chi connectivity index (χ0n) is 9.27. The number of nitrogens with zero attached hydrogens (tertiary/aromatic N) is 3. The molecule has 0 atom stereocenters. The van der Waals surface area contributed by atoms with Gasteiger partial charge in [0, 0.05) is 13.0 Å². The standard InChI is InChI=1S/C13H13N3/c1-16-12-5-2-9(6-7-14)8-11(12)15-13(16)10-3-4-10/h2,5,8,10H,3-4,6H2,1H3. The van der Waals surface area contributed by atoms with E-state index in [2.05, 4.69) is 28.7 Å². The second-order valence-electron chi connectivity index (χ2n) is 4.46. The van der Waals surface area contributed by atoms with Gasteiger partial charge in [0.25, 0.3) is 0 Å². The molecule has 0 amide bonds. The normalized spacial score (nSPS) is 15.2. The average Bonchev–Trinajstić information content (AvgIpc) is 3.06. The summed E-state index contributed by atoms with van der Waals surface area (Å²) >= 11 is 0. The van der Waals surface area contributed by atoms with E-state index in [0.717, 1.165) is 11.1 Å². The molecule has 1 saturated carbocycles. The van der Waals surface area contributed by atoms with E-state index in [9.17, 15) is 0 Å². The number of fused-ring (bicyclic) bond motifs is 1. The number of hydrogen-bond acceptors (Lipinski definition) is 2. The van der Waals surface area contributed by atoms with Crippen molar-refractivity contribution in [2.24, 2.45) is 7.05 Å². The van der Waals surface area contributed by atoms with Crippen LogP contribution >= 0.6 is 0 Å². The van der Waals surface area contributed by atoms with Gasteiger partial charge in [-0.2, -0.15) is 5.26 Å². The van der Waals surface area contributed by atoms with Gasteiger partial charge in [-0.1, -0.05) is 6.07 Å². The van der Waals surface area contributed by atoms with Gasteiger partial charge in [0.1, 0.15) is 5.82 Å². The van der Waals surface area contributed by atoms with E-state index < -0.39 is 0 Å². The van der Waals surface area contributed by atoms with Gasteiger partial charge in [-0.05, 0) is 30.5 Å². The summed E-state index contributed by atoms with van der Waals surface area (Å²) in [4.78, 5) is 4.67. The Hall–Kier alpha value is -1.82. The summed E-state index contributed by atoms with van der Waals surface area (Å²) in [6, 6.07) is 8.29. The predicted molar refractivity (Wildman–Crippen MR) is 62.0 cm³/mol. The Morgan fingerprint density at radius 2 is 2.31 bits per heavy atom. The molecule has 1 aliphatic carbocycles. The minimum Gasteiger partial charge on any atom is -0.331 e. The Labute approximate surface area is 94.3 Å². The van der Waals surface area contributed by atoms with E-state index in [-0.39, 0.29) is 0 Å². The van der Waals surface area contributed by atoms with Gasteiger partial charge in [-0.25, -0.2) is 4.98 Å². The molecule has 0 bridgehead atoms. The van der Waals surface area contributed by atoms with Gasteiger partial charge in [0.05, 0.1) is 23.5 Å². The molecule has 3 rings (SSSR count). The minimum atomic E-state index is 0.464. The largest absolute Gasteiger partial charge is 0.331 e. The van der Waals surface area contributed by atoms with Crippen molar-refractivity contribution in [3.63, 3.8) is 0 Å². The quantitative estimate of drug-likeness (QED) is 0.765. The zero-order valence-corrected chi connectivity index (χ0v) is 9.27. The third-order valence-corrected chi connectivity index (χ3v) is 3.21. The predicted octanol–water partition coefficient (Wildman–Crippen LogP) is 2.52. The SMILES string of the molecule is Cn1c(C2CC2)nc2cc(CC#N)ccc21. The van der Waals surface area contributed by atoms with Crippen molar-refractivity contribution >= 4 is 11.0 Å². The van der Waals surface area contributed by atoms with Gasteiger partial charge in [-0.15, -0.1) is 0 Å². The van der Waals surface area contributed by atoms with Crippen LogP contribution in [0.5, 0.6) is 0 Å². The highest BCUT2D eigenvalue weighted by atomic mass is 15.1. The van der Waals surface area contributed by atoms with Crippen molar-refractivity contribution in [2.45, 2.75) is 25.2 Å². The van der Waals surface area contributed by atoms with E-state index >= 15 is 0 Å². The highest BCUT2D eigenvalue weighted by molar-refractivity contribution is 5.77. The number of benzene rings is 1. The maximum Gasteiger partial charge on any atom is 0.112 e. The second-order valence-corrected chi connectivity index (χ2v) is 4.46. The van der Waals surface area contributed by atoms with Crippen LogP contribution in [0.1, 0.15) is 30.1 Å². The molecule has 80 valence electrons. The molecule has 1 heterocycles. The highest BCUT2D eigenvalue weighted by Gasteiger charge is 2.28. The number of nitriles is 1. The van der Waals surface area contributed by atoms with Crippen LogP contribution in [0, 0.1) is 11.3 Å². The summed E-state index contributed by atoms with van der Waals surface area (Å²) in [6.45, 7) is 0. The molecule has 0 N–H and O–H groups in total. The number of aryl methyl sites for hydroxylation is 1. The van der Waals surface area contributed by atoms with Crippen LogP contribution in [0.2, 0.25) is 0 Å². The van der Waals surface area contributed by atoms with E-state index in [1.165, 1.54) is 24.2 Å². The zero-order chi connectivity index (χ0) is 11.1. The van der Waals surface area contributed by atoms with Crippen molar-refractivity contribution < 1.29 is 0 Å². The third-order valence-electron chi connectivity index (χ3n) is 3.21. The number of hydrogen-bond donors (Lipinski definition) is 0. The van der Waals surface area contributed by atoms with Crippen LogP contribution in [-0.4, -0.2) is 9.55 Å². The first-order valence-electron chi connectivity index (χ1n) is 5.62. The summed E-state index contributed by atoms with van der Waals surface area (Å²) in [5, 5.41) is 8.67. The van der Waals surface area contributed by atoms with Gasteiger partial charge in [0.2, 0.25) is 0 Å². The third kappa shape index (κ3) is 1.38. The van der Waals surface area contributed by atoms with Crippen molar-refractivity contribution in [1.82, 2.24) is 9.55 Å². The maximum atomic E-state index is 8.67. The Morgan fingerprint density at radius 3 is 3.00 bits per heavy atom. The van der Waals surface area contributed by atoms with Gasteiger partial charge < -0.3 is 4.57 Å². The molecule has 0 radical (unpaired) electrons. The molecule has 0 unspecified atom stereocenters. The maximum absolute atomic E-state index is 8.67. The van der Waals surface area contributed by atoms with E-state index in [1.54, 1.807) is 0 Å². The van der Waals surface area contributed by atoms with Crippen LogP contribution in [0.25, 0.3) is 11.0 Å². The second kappa shape index (κ2) is 3.34. The molecule has 1 aliphatic rings. The highest BCUT2D eigenvalue weighted by Crippen LogP contribution is 2.40. The lowest BCUT2D eigenvalue weighted by Gasteiger charge is -1.99. The van der Waals surface area contributed by atoms with Gasteiger partial charge in [-0.3, -0.25) is 0 Å². The van der Waals surface area contributed by atoms with Crippen LogP contribution in [-0.2, 0) is 13.5 Å². The van der Waals surface area contributed by atoms with Crippen molar-refractivity contribution in [2.75, 3.05) is 0 Å². The molecule has 2 aromatic rings. The fourth-order valence-electron chi connectivity index (χ4n) is 2.17. The van der Waals surface area contributed by atoms with E-state index in [1.807, 2.05) is 12.1 Å². The summed E-state index contributed by atoms with van der Waals surface area (Å²) in [6.07, 6.45) is 3.00.